The third kappa shape index (κ3) is 4.13. The van der Waals surface area contributed by atoms with Crippen molar-refractivity contribution in [2.24, 2.45) is 5.92 Å². The predicted octanol–water partition coefficient (Wildman–Crippen LogP) is 2.52. The summed E-state index contributed by atoms with van der Waals surface area (Å²) in [6, 6.07) is 6.90. The summed E-state index contributed by atoms with van der Waals surface area (Å²) in [5.74, 6) is 0.229. The highest BCUT2D eigenvalue weighted by molar-refractivity contribution is 6.30. The Balaban J connectivity index is 1.86. The number of rotatable bonds is 4. The van der Waals surface area contributed by atoms with Crippen molar-refractivity contribution in [3.05, 3.63) is 29.3 Å². The first-order chi connectivity index (χ1) is 10.5. The molecule has 0 N–H and O–H groups in total. The molecule has 0 spiro atoms. The first-order valence-electron chi connectivity index (χ1n) is 7.30. The lowest BCUT2D eigenvalue weighted by Crippen LogP contribution is -2.45. The van der Waals surface area contributed by atoms with Gasteiger partial charge in [-0.25, -0.2) is 0 Å². The standard InChI is InChI=1S/C16H20ClNO4/c1-11(22-14-5-3-13(17)4-6-14)15(19)18-9-7-12(8-10-18)16(20)21-2/h3-6,11-12H,7-10H2,1-2H3/t11-/m1/s1. The van der Waals surface area contributed by atoms with E-state index in [4.69, 9.17) is 21.1 Å². The first kappa shape index (κ1) is 16.6. The Morgan fingerprint density at radius 3 is 2.36 bits per heavy atom. The summed E-state index contributed by atoms with van der Waals surface area (Å²) in [5.41, 5.74) is 0. The van der Waals surface area contributed by atoms with Crippen LogP contribution in [0.15, 0.2) is 24.3 Å². The number of hydrogen-bond acceptors (Lipinski definition) is 4. The van der Waals surface area contributed by atoms with Crippen molar-refractivity contribution < 1.29 is 19.1 Å². The van der Waals surface area contributed by atoms with E-state index in [9.17, 15) is 9.59 Å². The number of carbonyl (C=O) groups is 2. The fraction of sp³-hybridized carbons (Fsp3) is 0.500. The van der Waals surface area contributed by atoms with Gasteiger partial charge in [-0.1, -0.05) is 11.6 Å². The number of nitrogens with zero attached hydrogens (tertiary/aromatic N) is 1. The highest BCUT2D eigenvalue weighted by Gasteiger charge is 2.30. The minimum atomic E-state index is -0.573. The number of ether oxygens (including phenoxy) is 2. The number of methoxy groups -OCH3 is 1. The highest BCUT2D eigenvalue weighted by Crippen LogP contribution is 2.21. The van der Waals surface area contributed by atoms with Crippen LogP contribution in [0.3, 0.4) is 0 Å². The van der Waals surface area contributed by atoms with Crippen LogP contribution in [0.25, 0.3) is 0 Å². The van der Waals surface area contributed by atoms with Crippen molar-refractivity contribution in [2.75, 3.05) is 20.2 Å². The van der Waals surface area contributed by atoms with E-state index in [2.05, 4.69) is 0 Å². The van der Waals surface area contributed by atoms with Crippen LogP contribution in [-0.2, 0) is 14.3 Å². The van der Waals surface area contributed by atoms with Gasteiger partial charge in [-0.3, -0.25) is 9.59 Å². The second-order valence-corrected chi connectivity index (χ2v) is 5.77. The molecule has 1 aromatic rings. The van der Waals surface area contributed by atoms with Gasteiger partial charge in [0.15, 0.2) is 6.10 Å². The minimum Gasteiger partial charge on any atom is -0.481 e. The molecule has 0 saturated carbocycles. The molecule has 0 aliphatic carbocycles. The Hall–Kier alpha value is -1.75. The molecule has 6 heteroatoms. The van der Waals surface area contributed by atoms with Crippen LogP contribution in [0.4, 0.5) is 0 Å². The highest BCUT2D eigenvalue weighted by atomic mass is 35.5. The number of carbonyl (C=O) groups excluding carboxylic acids is 2. The summed E-state index contributed by atoms with van der Waals surface area (Å²) < 4.78 is 10.4. The molecule has 5 nitrogen and oxygen atoms in total. The fourth-order valence-electron chi connectivity index (χ4n) is 2.53. The maximum Gasteiger partial charge on any atom is 0.308 e. The number of benzene rings is 1. The number of likely N-dealkylation sites (tertiary alicyclic amines) is 1. The van der Waals surface area contributed by atoms with E-state index < -0.39 is 6.10 Å². The molecule has 0 radical (unpaired) electrons. The Labute approximate surface area is 135 Å². The van der Waals surface area contributed by atoms with E-state index >= 15 is 0 Å². The van der Waals surface area contributed by atoms with E-state index in [1.54, 1.807) is 36.1 Å². The second-order valence-electron chi connectivity index (χ2n) is 5.34. The summed E-state index contributed by atoms with van der Waals surface area (Å²) in [5, 5.41) is 0.621. The minimum absolute atomic E-state index is 0.0711. The Morgan fingerprint density at radius 2 is 1.82 bits per heavy atom. The van der Waals surface area contributed by atoms with Gasteiger partial charge < -0.3 is 14.4 Å². The third-order valence-electron chi connectivity index (χ3n) is 3.82. The molecule has 1 aliphatic rings. The van der Waals surface area contributed by atoms with E-state index in [-0.39, 0.29) is 17.8 Å². The van der Waals surface area contributed by atoms with Gasteiger partial charge in [0.05, 0.1) is 13.0 Å². The molecule has 1 fully saturated rings. The van der Waals surface area contributed by atoms with Crippen LogP contribution in [0.5, 0.6) is 5.75 Å². The lowest BCUT2D eigenvalue weighted by molar-refractivity contribution is -0.150. The predicted molar refractivity (Wildman–Crippen MR) is 82.9 cm³/mol. The summed E-state index contributed by atoms with van der Waals surface area (Å²) in [7, 11) is 1.39. The largest absolute Gasteiger partial charge is 0.481 e. The fourth-order valence-corrected chi connectivity index (χ4v) is 2.65. The maximum absolute atomic E-state index is 12.4. The van der Waals surface area contributed by atoms with Crippen LogP contribution in [0.2, 0.25) is 5.02 Å². The quantitative estimate of drug-likeness (QED) is 0.798. The van der Waals surface area contributed by atoms with Crippen LogP contribution in [0.1, 0.15) is 19.8 Å². The van der Waals surface area contributed by atoms with E-state index in [0.29, 0.717) is 36.7 Å². The zero-order valence-electron chi connectivity index (χ0n) is 12.8. The number of halogens is 1. The van der Waals surface area contributed by atoms with Crippen molar-refractivity contribution in [1.29, 1.82) is 0 Å². The average Bonchev–Trinajstić information content (AvgIpc) is 2.55. The molecule has 1 saturated heterocycles. The molecule has 1 heterocycles. The lowest BCUT2D eigenvalue weighted by Gasteiger charge is -2.32. The van der Waals surface area contributed by atoms with Crippen molar-refractivity contribution in [1.82, 2.24) is 4.90 Å². The molecular weight excluding hydrogens is 306 g/mol. The smallest absolute Gasteiger partial charge is 0.308 e. The number of esters is 1. The van der Waals surface area contributed by atoms with Gasteiger partial charge >= 0.3 is 5.97 Å². The Kier molecular flexibility index (Phi) is 5.66. The van der Waals surface area contributed by atoms with E-state index in [0.717, 1.165) is 0 Å². The molecule has 1 aliphatic heterocycles. The van der Waals surface area contributed by atoms with Gasteiger partial charge in [0.25, 0.3) is 5.91 Å². The normalized spacial score (nSPS) is 17.0. The van der Waals surface area contributed by atoms with E-state index in [1.807, 2.05) is 0 Å². The van der Waals surface area contributed by atoms with Crippen molar-refractivity contribution >= 4 is 23.5 Å². The van der Waals surface area contributed by atoms with Gasteiger partial charge in [-0.15, -0.1) is 0 Å². The van der Waals surface area contributed by atoms with Crippen molar-refractivity contribution in [3.8, 4) is 5.75 Å². The average molecular weight is 326 g/mol. The van der Waals surface area contributed by atoms with Gasteiger partial charge in [0.2, 0.25) is 0 Å². The molecule has 1 amide bonds. The molecule has 0 bridgehead atoms. The lowest BCUT2D eigenvalue weighted by atomic mass is 9.97. The molecule has 1 aromatic carbocycles. The maximum atomic E-state index is 12.4. The molecule has 120 valence electrons. The Bertz CT molecular complexity index is 523. The van der Waals surface area contributed by atoms with Gasteiger partial charge in [-0.2, -0.15) is 0 Å². The zero-order valence-corrected chi connectivity index (χ0v) is 13.5. The molecule has 2 rings (SSSR count). The number of amides is 1. The van der Waals surface area contributed by atoms with Crippen LogP contribution < -0.4 is 4.74 Å². The number of hydrogen-bond donors (Lipinski definition) is 0. The summed E-state index contributed by atoms with van der Waals surface area (Å²) in [4.78, 5) is 25.6. The van der Waals surface area contributed by atoms with E-state index in [1.165, 1.54) is 7.11 Å². The summed E-state index contributed by atoms with van der Waals surface area (Å²) in [6.07, 6.45) is 0.689. The van der Waals surface area contributed by atoms with Gasteiger partial charge in [-0.05, 0) is 44.0 Å². The SMILES string of the molecule is COC(=O)C1CCN(C(=O)[C@@H](C)Oc2ccc(Cl)cc2)CC1. The van der Waals surface area contributed by atoms with Gasteiger partial charge in [0, 0.05) is 18.1 Å². The molecular formula is C16H20ClNO4. The second kappa shape index (κ2) is 7.49. The van der Waals surface area contributed by atoms with Crippen LogP contribution >= 0.6 is 11.6 Å². The first-order valence-corrected chi connectivity index (χ1v) is 7.68. The zero-order chi connectivity index (χ0) is 16.1. The molecule has 0 aromatic heterocycles. The summed E-state index contributed by atoms with van der Waals surface area (Å²) in [6.45, 7) is 2.82. The van der Waals surface area contributed by atoms with Crippen LogP contribution in [0, 0.1) is 5.92 Å². The Morgan fingerprint density at radius 1 is 1.23 bits per heavy atom. The number of piperidine rings is 1. The third-order valence-corrected chi connectivity index (χ3v) is 4.07. The van der Waals surface area contributed by atoms with Gasteiger partial charge in [0.1, 0.15) is 5.75 Å². The molecule has 22 heavy (non-hydrogen) atoms. The van der Waals surface area contributed by atoms with Crippen molar-refractivity contribution in [2.45, 2.75) is 25.9 Å². The topological polar surface area (TPSA) is 55.8 Å². The monoisotopic (exact) mass is 325 g/mol. The summed E-state index contributed by atoms with van der Waals surface area (Å²) >= 11 is 5.82. The van der Waals surface area contributed by atoms with Crippen molar-refractivity contribution in [3.63, 3.8) is 0 Å². The molecule has 1 atom stereocenters. The van der Waals surface area contributed by atoms with Crippen LogP contribution in [-0.4, -0.2) is 43.1 Å². The molecule has 0 unspecified atom stereocenters.